The van der Waals surface area contributed by atoms with E-state index in [0.29, 0.717) is 16.6 Å². The maximum Gasteiger partial charge on any atom is 0.275 e. The van der Waals surface area contributed by atoms with Gasteiger partial charge in [-0.05, 0) is 37.6 Å². The zero-order valence-corrected chi connectivity index (χ0v) is 15.2. The monoisotopic (exact) mass is 371 g/mol. The molecule has 1 aromatic heterocycles. The molecule has 1 heterocycles. The number of halogens is 2. The van der Waals surface area contributed by atoms with Gasteiger partial charge in [0.1, 0.15) is 6.54 Å². The van der Waals surface area contributed by atoms with E-state index in [2.05, 4.69) is 5.10 Å². The van der Waals surface area contributed by atoms with E-state index in [1.54, 1.807) is 33.0 Å². The standard InChI is InChI=1S/C20H19F2N3O2/c1-12-15-6-4-5-7-16(15)20(27)25(23-12)11-19(26)24(3)13(2)14-8-9-17(21)18(22)10-14/h4-10,13H,11H2,1-3H3. The number of hydrogen-bond donors (Lipinski definition) is 0. The number of amides is 1. The summed E-state index contributed by atoms with van der Waals surface area (Å²) >= 11 is 0. The van der Waals surface area contributed by atoms with Crippen LogP contribution in [0.1, 0.15) is 24.2 Å². The number of benzene rings is 2. The van der Waals surface area contributed by atoms with Crippen molar-refractivity contribution < 1.29 is 13.6 Å². The van der Waals surface area contributed by atoms with Gasteiger partial charge in [-0.25, -0.2) is 13.5 Å². The number of fused-ring (bicyclic) bond motifs is 1. The molecule has 0 N–H and O–H groups in total. The number of hydrogen-bond acceptors (Lipinski definition) is 3. The first-order valence-electron chi connectivity index (χ1n) is 8.46. The third kappa shape index (κ3) is 3.58. The Morgan fingerprint density at radius 2 is 1.81 bits per heavy atom. The minimum absolute atomic E-state index is 0.241. The molecule has 5 nitrogen and oxygen atoms in total. The van der Waals surface area contributed by atoms with Crippen molar-refractivity contribution in [3.8, 4) is 0 Å². The summed E-state index contributed by atoms with van der Waals surface area (Å²) in [5, 5.41) is 5.47. The highest BCUT2D eigenvalue weighted by Crippen LogP contribution is 2.21. The highest BCUT2D eigenvalue weighted by atomic mass is 19.2. The zero-order valence-electron chi connectivity index (χ0n) is 15.2. The molecule has 0 bridgehead atoms. The topological polar surface area (TPSA) is 55.2 Å². The van der Waals surface area contributed by atoms with Gasteiger partial charge < -0.3 is 4.90 Å². The van der Waals surface area contributed by atoms with E-state index in [1.807, 2.05) is 12.1 Å². The summed E-state index contributed by atoms with van der Waals surface area (Å²) in [7, 11) is 1.55. The lowest BCUT2D eigenvalue weighted by atomic mass is 10.1. The largest absolute Gasteiger partial charge is 0.337 e. The van der Waals surface area contributed by atoms with Gasteiger partial charge in [0, 0.05) is 12.4 Å². The molecule has 2 aromatic carbocycles. The van der Waals surface area contributed by atoms with Crippen LogP contribution in [0.5, 0.6) is 0 Å². The molecule has 1 unspecified atom stereocenters. The second kappa shape index (κ2) is 7.26. The maximum absolute atomic E-state index is 13.5. The summed E-state index contributed by atoms with van der Waals surface area (Å²) in [5.74, 6) is -2.28. The summed E-state index contributed by atoms with van der Waals surface area (Å²) in [6, 6.07) is 10.1. The number of nitrogens with zero attached hydrogens (tertiary/aromatic N) is 3. The Bertz CT molecular complexity index is 1080. The molecule has 1 atom stereocenters. The summed E-state index contributed by atoms with van der Waals surface area (Å²) in [4.78, 5) is 26.6. The molecule has 0 aliphatic heterocycles. The summed E-state index contributed by atoms with van der Waals surface area (Å²) in [6.07, 6.45) is 0. The van der Waals surface area contributed by atoms with Crippen LogP contribution in [0.3, 0.4) is 0 Å². The van der Waals surface area contributed by atoms with Crippen LogP contribution < -0.4 is 5.56 Å². The van der Waals surface area contributed by atoms with Gasteiger partial charge in [-0.1, -0.05) is 24.3 Å². The third-order valence-electron chi connectivity index (χ3n) is 4.74. The van der Waals surface area contributed by atoms with Gasteiger partial charge >= 0.3 is 0 Å². The van der Waals surface area contributed by atoms with Gasteiger partial charge in [-0.3, -0.25) is 9.59 Å². The van der Waals surface area contributed by atoms with Crippen LogP contribution in [0.2, 0.25) is 0 Å². The third-order valence-corrected chi connectivity index (χ3v) is 4.74. The Labute approximate surface area is 154 Å². The molecule has 0 aliphatic rings. The average molecular weight is 371 g/mol. The highest BCUT2D eigenvalue weighted by molar-refractivity contribution is 5.83. The molecule has 1 amide bonds. The Kier molecular flexibility index (Phi) is 5.03. The van der Waals surface area contributed by atoms with Gasteiger partial charge in [0.2, 0.25) is 5.91 Å². The zero-order chi connectivity index (χ0) is 19.7. The molecule has 7 heteroatoms. The number of likely N-dealkylation sites (N-methyl/N-ethyl adjacent to an activating group) is 1. The Hall–Kier alpha value is -3.09. The van der Waals surface area contributed by atoms with Crippen molar-refractivity contribution in [3.05, 3.63) is 75.7 Å². The van der Waals surface area contributed by atoms with Crippen LogP contribution in [-0.2, 0) is 11.3 Å². The van der Waals surface area contributed by atoms with E-state index < -0.39 is 17.7 Å². The quantitative estimate of drug-likeness (QED) is 0.708. The Balaban J connectivity index is 1.86. The van der Waals surface area contributed by atoms with E-state index in [1.165, 1.54) is 11.0 Å². The molecular formula is C20H19F2N3O2. The van der Waals surface area contributed by atoms with E-state index in [0.717, 1.165) is 22.2 Å². The minimum Gasteiger partial charge on any atom is -0.337 e. The number of aryl methyl sites for hydroxylation is 1. The molecule has 3 aromatic rings. The fraction of sp³-hybridized carbons (Fsp3) is 0.250. The molecule has 140 valence electrons. The van der Waals surface area contributed by atoms with E-state index >= 15 is 0 Å². The van der Waals surface area contributed by atoms with E-state index in [4.69, 9.17) is 0 Å². The van der Waals surface area contributed by atoms with Crippen molar-refractivity contribution in [2.45, 2.75) is 26.4 Å². The molecule has 0 radical (unpaired) electrons. The second-order valence-electron chi connectivity index (χ2n) is 6.45. The SMILES string of the molecule is Cc1nn(CC(=O)N(C)C(C)c2ccc(F)c(F)c2)c(=O)c2ccccc12. The van der Waals surface area contributed by atoms with Crippen molar-refractivity contribution in [1.29, 1.82) is 0 Å². The average Bonchev–Trinajstić information content (AvgIpc) is 2.66. The number of aromatic nitrogens is 2. The first-order valence-corrected chi connectivity index (χ1v) is 8.46. The molecular weight excluding hydrogens is 352 g/mol. The molecule has 0 spiro atoms. The lowest BCUT2D eigenvalue weighted by Gasteiger charge is -2.25. The van der Waals surface area contributed by atoms with Gasteiger partial charge in [-0.15, -0.1) is 0 Å². The molecule has 0 aliphatic carbocycles. The molecule has 0 saturated heterocycles. The normalized spacial score (nSPS) is 12.2. The van der Waals surface area contributed by atoms with Crippen molar-refractivity contribution in [2.75, 3.05) is 7.05 Å². The molecule has 0 fully saturated rings. The van der Waals surface area contributed by atoms with Crippen LogP contribution in [0.4, 0.5) is 8.78 Å². The van der Waals surface area contributed by atoms with E-state index in [-0.39, 0.29) is 18.0 Å². The first kappa shape index (κ1) is 18.7. The smallest absolute Gasteiger partial charge is 0.275 e. The van der Waals surface area contributed by atoms with Gasteiger partial charge in [-0.2, -0.15) is 5.10 Å². The van der Waals surface area contributed by atoms with Gasteiger partial charge in [0.15, 0.2) is 11.6 Å². The van der Waals surface area contributed by atoms with Crippen LogP contribution in [0.25, 0.3) is 10.8 Å². The van der Waals surface area contributed by atoms with Crippen molar-refractivity contribution in [1.82, 2.24) is 14.7 Å². The van der Waals surface area contributed by atoms with Crippen molar-refractivity contribution in [2.24, 2.45) is 0 Å². The second-order valence-corrected chi connectivity index (χ2v) is 6.45. The highest BCUT2D eigenvalue weighted by Gasteiger charge is 2.20. The Morgan fingerprint density at radius 1 is 1.15 bits per heavy atom. The first-order chi connectivity index (χ1) is 12.8. The molecule has 27 heavy (non-hydrogen) atoms. The van der Waals surface area contributed by atoms with Crippen LogP contribution in [0.15, 0.2) is 47.3 Å². The fourth-order valence-corrected chi connectivity index (χ4v) is 2.96. The van der Waals surface area contributed by atoms with Crippen LogP contribution in [0, 0.1) is 18.6 Å². The summed E-state index contributed by atoms with van der Waals surface area (Å²) in [5.41, 5.74) is 0.757. The van der Waals surface area contributed by atoms with E-state index in [9.17, 15) is 18.4 Å². The lowest BCUT2D eigenvalue weighted by molar-refractivity contribution is -0.132. The molecule has 0 saturated carbocycles. The number of carbonyl (C=O) groups is 1. The Morgan fingerprint density at radius 3 is 2.48 bits per heavy atom. The fourth-order valence-electron chi connectivity index (χ4n) is 2.96. The lowest BCUT2D eigenvalue weighted by Crippen LogP contribution is -2.36. The van der Waals surface area contributed by atoms with Crippen molar-refractivity contribution >= 4 is 16.7 Å². The van der Waals surface area contributed by atoms with Crippen LogP contribution in [-0.4, -0.2) is 27.6 Å². The van der Waals surface area contributed by atoms with Crippen LogP contribution >= 0.6 is 0 Å². The van der Waals surface area contributed by atoms with Gasteiger partial charge in [0.05, 0.1) is 17.1 Å². The van der Waals surface area contributed by atoms with Gasteiger partial charge in [0.25, 0.3) is 5.56 Å². The predicted octanol–water partition coefficient (Wildman–Crippen LogP) is 3.20. The predicted molar refractivity (Wildman–Crippen MR) is 98.3 cm³/mol. The van der Waals surface area contributed by atoms with Crippen molar-refractivity contribution in [3.63, 3.8) is 0 Å². The maximum atomic E-state index is 13.5. The number of carbonyl (C=O) groups excluding carboxylic acids is 1. The minimum atomic E-state index is -0.969. The number of rotatable bonds is 4. The molecule has 3 rings (SSSR count). The summed E-state index contributed by atoms with van der Waals surface area (Å²) in [6.45, 7) is 3.23. The summed E-state index contributed by atoms with van der Waals surface area (Å²) < 4.78 is 27.7.